The topological polar surface area (TPSA) is 20.2 Å². The van der Waals surface area contributed by atoms with Crippen molar-refractivity contribution in [3.8, 4) is 0 Å². The van der Waals surface area contributed by atoms with E-state index in [2.05, 4.69) is 34.6 Å². The molecule has 0 saturated carbocycles. The summed E-state index contributed by atoms with van der Waals surface area (Å²) < 4.78 is 0.277. The minimum Gasteiger partial charge on any atom is -0.392 e. The second-order valence-corrected chi connectivity index (χ2v) is 6.90. The zero-order chi connectivity index (χ0) is 10.5. The maximum Gasteiger partial charge on any atom is 0.0630 e. The monoisotopic (exact) mass is 204 g/mol. The van der Waals surface area contributed by atoms with Crippen LogP contribution in [0.15, 0.2) is 0 Å². The van der Waals surface area contributed by atoms with E-state index in [9.17, 15) is 5.11 Å². The van der Waals surface area contributed by atoms with Crippen LogP contribution in [0.4, 0.5) is 0 Å². The maximum absolute atomic E-state index is 9.64. The normalized spacial score (nSPS) is 15.0. The molecule has 1 atom stereocenters. The summed E-state index contributed by atoms with van der Waals surface area (Å²) in [6.45, 7) is 11.0. The Labute approximate surface area is 87.3 Å². The highest BCUT2D eigenvalue weighted by Gasteiger charge is 2.13. The highest BCUT2D eigenvalue weighted by atomic mass is 32.2. The zero-order valence-electron chi connectivity index (χ0n) is 9.63. The van der Waals surface area contributed by atoms with Crippen molar-refractivity contribution in [1.29, 1.82) is 0 Å². The zero-order valence-corrected chi connectivity index (χ0v) is 10.4. The second-order valence-electron chi connectivity index (χ2n) is 5.05. The van der Waals surface area contributed by atoms with Crippen molar-refractivity contribution >= 4 is 11.8 Å². The molecular formula is C11H24OS. The highest BCUT2D eigenvalue weighted by molar-refractivity contribution is 8.00. The quantitative estimate of drug-likeness (QED) is 0.741. The summed E-state index contributed by atoms with van der Waals surface area (Å²) in [6, 6.07) is 0. The van der Waals surface area contributed by atoms with Gasteiger partial charge in [0.1, 0.15) is 0 Å². The fourth-order valence-corrected chi connectivity index (χ4v) is 1.81. The lowest BCUT2D eigenvalue weighted by Crippen LogP contribution is -2.17. The lowest BCUT2D eigenvalue weighted by Gasteiger charge is -2.20. The van der Waals surface area contributed by atoms with Gasteiger partial charge in [0, 0.05) is 10.5 Å². The fraction of sp³-hybridized carbons (Fsp3) is 1.00. The van der Waals surface area contributed by atoms with E-state index in [1.807, 2.05) is 11.8 Å². The molecule has 80 valence electrons. The van der Waals surface area contributed by atoms with Gasteiger partial charge in [-0.3, -0.25) is 0 Å². The van der Waals surface area contributed by atoms with Gasteiger partial charge >= 0.3 is 0 Å². The summed E-state index contributed by atoms with van der Waals surface area (Å²) in [4.78, 5) is 0. The molecule has 0 aliphatic rings. The SMILES string of the molecule is CC(C)CCC(O)CSC(C)(C)C. The van der Waals surface area contributed by atoms with E-state index in [-0.39, 0.29) is 10.9 Å². The molecule has 0 aliphatic carbocycles. The molecule has 1 nitrogen and oxygen atoms in total. The van der Waals surface area contributed by atoms with E-state index in [4.69, 9.17) is 0 Å². The molecule has 0 fully saturated rings. The molecule has 0 amide bonds. The van der Waals surface area contributed by atoms with E-state index >= 15 is 0 Å². The molecule has 0 aromatic heterocycles. The van der Waals surface area contributed by atoms with Crippen LogP contribution < -0.4 is 0 Å². The van der Waals surface area contributed by atoms with Crippen LogP contribution in [-0.4, -0.2) is 21.7 Å². The van der Waals surface area contributed by atoms with Crippen molar-refractivity contribution in [2.24, 2.45) is 5.92 Å². The van der Waals surface area contributed by atoms with Crippen LogP contribution in [0.2, 0.25) is 0 Å². The van der Waals surface area contributed by atoms with E-state index in [0.717, 1.165) is 18.6 Å². The number of thioether (sulfide) groups is 1. The summed E-state index contributed by atoms with van der Waals surface area (Å²) in [5, 5.41) is 9.64. The molecule has 0 rings (SSSR count). The van der Waals surface area contributed by atoms with Gasteiger partial charge in [-0.05, 0) is 18.8 Å². The molecule has 1 N–H and O–H groups in total. The van der Waals surface area contributed by atoms with Gasteiger partial charge in [0.05, 0.1) is 6.10 Å². The maximum atomic E-state index is 9.64. The molecule has 0 heterocycles. The Balaban J connectivity index is 3.46. The Hall–Kier alpha value is 0.310. The molecule has 0 spiro atoms. The third kappa shape index (κ3) is 10.2. The molecule has 1 unspecified atom stereocenters. The summed E-state index contributed by atoms with van der Waals surface area (Å²) in [5.74, 6) is 1.57. The van der Waals surface area contributed by atoms with Crippen molar-refractivity contribution in [2.75, 3.05) is 5.75 Å². The first kappa shape index (κ1) is 13.3. The summed E-state index contributed by atoms with van der Waals surface area (Å²) in [5.41, 5.74) is 0. The summed E-state index contributed by atoms with van der Waals surface area (Å²) in [7, 11) is 0. The summed E-state index contributed by atoms with van der Waals surface area (Å²) in [6.07, 6.45) is 1.96. The van der Waals surface area contributed by atoms with Crippen molar-refractivity contribution in [1.82, 2.24) is 0 Å². The van der Waals surface area contributed by atoms with Gasteiger partial charge in [0.25, 0.3) is 0 Å². The molecular weight excluding hydrogens is 180 g/mol. The first-order chi connectivity index (χ1) is 5.81. The number of aliphatic hydroxyl groups is 1. The van der Waals surface area contributed by atoms with E-state index in [0.29, 0.717) is 5.92 Å². The first-order valence-corrected chi connectivity index (χ1v) is 6.12. The van der Waals surface area contributed by atoms with Crippen LogP contribution in [0.3, 0.4) is 0 Å². The van der Waals surface area contributed by atoms with E-state index in [1.165, 1.54) is 0 Å². The second kappa shape index (κ2) is 5.92. The number of rotatable bonds is 5. The van der Waals surface area contributed by atoms with E-state index < -0.39 is 0 Å². The Bertz CT molecular complexity index is 127. The molecule has 2 heteroatoms. The summed E-state index contributed by atoms with van der Waals surface area (Å²) >= 11 is 1.84. The van der Waals surface area contributed by atoms with Crippen LogP contribution in [-0.2, 0) is 0 Å². The third-order valence-corrected chi connectivity index (χ3v) is 3.20. The Morgan fingerprint density at radius 3 is 2.08 bits per heavy atom. The average molecular weight is 204 g/mol. The molecule has 0 aromatic rings. The van der Waals surface area contributed by atoms with Gasteiger partial charge in [0.2, 0.25) is 0 Å². The first-order valence-electron chi connectivity index (χ1n) is 5.13. The Morgan fingerprint density at radius 1 is 1.15 bits per heavy atom. The lowest BCUT2D eigenvalue weighted by molar-refractivity contribution is 0.180. The lowest BCUT2D eigenvalue weighted by atomic mass is 10.1. The van der Waals surface area contributed by atoms with Crippen LogP contribution >= 0.6 is 11.8 Å². The number of aliphatic hydroxyl groups excluding tert-OH is 1. The average Bonchev–Trinajstić information content (AvgIpc) is 1.95. The molecule has 13 heavy (non-hydrogen) atoms. The molecule has 0 saturated heterocycles. The van der Waals surface area contributed by atoms with Crippen LogP contribution in [0.1, 0.15) is 47.5 Å². The largest absolute Gasteiger partial charge is 0.392 e. The standard InChI is InChI=1S/C11H24OS/c1-9(2)6-7-10(12)8-13-11(3,4)5/h9-10,12H,6-8H2,1-5H3. The van der Waals surface area contributed by atoms with E-state index in [1.54, 1.807) is 0 Å². The van der Waals surface area contributed by atoms with Gasteiger partial charge in [-0.15, -0.1) is 0 Å². The molecule has 0 aromatic carbocycles. The van der Waals surface area contributed by atoms with Crippen molar-refractivity contribution < 1.29 is 5.11 Å². The van der Waals surface area contributed by atoms with Crippen LogP contribution in [0.25, 0.3) is 0 Å². The minimum atomic E-state index is -0.119. The smallest absolute Gasteiger partial charge is 0.0630 e. The van der Waals surface area contributed by atoms with Gasteiger partial charge in [-0.25, -0.2) is 0 Å². The Kier molecular flexibility index (Phi) is 6.06. The van der Waals surface area contributed by atoms with Gasteiger partial charge in [0.15, 0.2) is 0 Å². The predicted octanol–water partition coefficient (Wildman–Crippen LogP) is 3.32. The third-order valence-electron chi connectivity index (χ3n) is 1.79. The van der Waals surface area contributed by atoms with Gasteiger partial charge in [-0.1, -0.05) is 34.6 Å². The van der Waals surface area contributed by atoms with Crippen molar-refractivity contribution in [3.63, 3.8) is 0 Å². The van der Waals surface area contributed by atoms with Gasteiger partial charge in [-0.2, -0.15) is 11.8 Å². The minimum absolute atomic E-state index is 0.119. The van der Waals surface area contributed by atoms with Gasteiger partial charge < -0.3 is 5.11 Å². The van der Waals surface area contributed by atoms with Crippen molar-refractivity contribution in [3.05, 3.63) is 0 Å². The predicted molar refractivity (Wildman–Crippen MR) is 62.3 cm³/mol. The van der Waals surface area contributed by atoms with Crippen LogP contribution in [0, 0.1) is 5.92 Å². The molecule has 0 bridgehead atoms. The molecule has 0 aliphatic heterocycles. The highest BCUT2D eigenvalue weighted by Crippen LogP contribution is 2.24. The fourth-order valence-electron chi connectivity index (χ4n) is 0.955. The van der Waals surface area contributed by atoms with Crippen molar-refractivity contribution in [2.45, 2.75) is 58.3 Å². The number of hydrogen-bond donors (Lipinski definition) is 1. The molecule has 0 radical (unpaired) electrons. The van der Waals surface area contributed by atoms with Crippen LogP contribution in [0.5, 0.6) is 0 Å². The number of hydrogen-bond acceptors (Lipinski definition) is 2. The Morgan fingerprint density at radius 2 is 1.69 bits per heavy atom.